The molecule has 0 aliphatic rings. The van der Waals surface area contributed by atoms with Gasteiger partial charge >= 0.3 is 5.97 Å². The fourth-order valence-electron chi connectivity index (χ4n) is 2.41. The summed E-state index contributed by atoms with van der Waals surface area (Å²) < 4.78 is 5.09. The highest BCUT2D eigenvalue weighted by molar-refractivity contribution is 6.03. The van der Waals surface area contributed by atoms with Crippen molar-refractivity contribution in [2.45, 2.75) is 0 Å². The number of aromatic carboxylic acids is 1. The Hall–Kier alpha value is -3.55. The Morgan fingerprint density at radius 3 is 2.54 bits per heavy atom. The van der Waals surface area contributed by atoms with Gasteiger partial charge < -0.3 is 20.1 Å². The Kier molecular flexibility index (Phi) is 3.78. The molecule has 0 fully saturated rings. The number of rotatable bonds is 5. The normalized spacial score (nSPS) is 10.5. The van der Waals surface area contributed by atoms with Crippen molar-refractivity contribution in [3.8, 4) is 5.75 Å². The lowest BCUT2D eigenvalue weighted by atomic mass is 10.1. The SMILES string of the molecule is COc1ccc(Nc2ccc([N+](=O)[O-])c3[nH]c(C(=O)O)cc23)cc1. The van der Waals surface area contributed by atoms with Crippen LogP contribution >= 0.6 is 0 Å². The quantitative estimate of drug-likeness (QED) is 0.487. The van der Waals surface area contributed by atoms with Crippen LogP contribution in [0.4, 0.5) is 17.1 Å². The molecule has 0 spiro atoms. The van der Waals surface area contributed by atoms with Crippen LogP contribution < -0.4 is 10.1 Å². The molecule has 0 saturated carbocycles. The molecule has 0 saturated heterocycles. The van der Waals surface area contributed by atoms with Crippen LogP contribution in [0.1, 0.15) is 10.5 Å². The number of hydrogen-bond donors (Lipinski definition) is 3. The minimum Gasteiger partial charge on any atom is -0.497 e. The summed E-state index contributed by atoms with van der Waals surface area (Å²) in [6.45, 7) is 0. The second kappa shape index (κ2) is 5.92. The number of H-pyrrole nitrogens is 1. The minimum absolute atomic E-state index is 0.114. The molecule has 3 rings (SSSR count). The molecule has 8 nitrogen and oxygen atoms in total. The highest BCUT2D eigenvalue weighted by atomic mass is 16.6. The van der Waals surface area contributed by atoms with Crippen molar-refractivity contribution in [3.63, 3.8) is 0 Å². The number of nitro benzene ring substituents is 1. The van der Waals surface area contributed by atoms with E-state index in [-0.39, 0.29) is 16.9 Å². The second-order valence-electron chi connectivity index (χ2n) is 5.02. The van der Waals surface area contributed by atoms with E-state index in [4.69, 9.17) is 9.84 Å². The average molecular weight is 327 g/mol. The monoisotopic (exact) mass is 327 g/mol. The number of non-ortho nitro benzene ring substituents is 1. The molecule has 122 valence electrons. The molecule has 3 N–H and O–H groups in total. The second-order valence-corrected chi connectivity index (χ2v) is 5.02. The first-order valence-corrected chi connectivity index (χ1v) is 6.94. The van der Waals surface area contributed by atoms with Crippen molar-refractivity contribution in [2.75, 3.05) is 12.4 Å². The van der Waals surface area contributed by atoms with Gasteiger partial charge in [0, 0.05) is 22.8 Å². The number of carboxylic acid groups (broad SMARTS) is 1. The number of aromatic amines is 1. The van der Waals surface area contributed by atoms with Crippen LogP contribution in [0.15, 0.2) is 42.5 Å². The molecule has 0 radical (unpaired) electrons. The average Bonchev–Trinajstić information content (AvgIpc) is 3.01. The van der Waals surface area contributed by atoms with E-state index < -0.39 is 10.9 Å². The summed E-state index contributed by atoms with van der Waals surface area (Å²) in [5.74, 6) is -0.486. The number of nitrogens with zero attached hydrogens (tertiary/aromatic N) is 1. The maximum Gasteiger partial charge on any atom is 0.352 e. The van der Waals surface area contributed by atoms with E-state index >= 15 is 0 Å². The van der Waals surface area contributed by atoms with Crippen LogP contribution in [0.3, 0.4) is 0 Å². The van der Waals surface area contributed by atoms with Crippen LogP contribution in [0.2, 0.25) is 0 Å². The van der Waals surface area contributed by atoms with Crippen molar-refractivity contribution >= 4 is 33.9 Å². The van der Waals surface area contributed by atoms with Crippen molar-refractivity contribution in [1.82, 2.24) is 4.98 Å². The molecule has 1 aromatic heterocycles. The van der Waals surface area contributed by atoms with Gasteiger partial charge in [-0.1, -0.05) is 0 Å². The molecule has 0 amide bonds. The summed E-state index contributed by atoms with van der Waals surface area (Å²) >= 11 is 0. The fraction of sp³-hybridized carbons (Fsp3) is 0.0625. The van der Waals surface area contributed by atoms with Crippen molar-refractivity contribution in [1.29, 1.82) is 0 Å². The molecule has 1 heterocycles. The molecule has 0 unspecified atom stereocenters. The van der Waals surface area contributed by atoms with Gasteiger partial charge in [0.05, 0.1) is 12.0 Å². The lowest BCUT2D eigenvalue weighted by Gasteiger charge is -2.09. The van der Waals surface area contributed by atoms with Gasteiger partial charge in [0.25, 0.3) is 5.69 Å². The molecule has 8 heteroatoms. The van der Waals surface area contributed by atoms with Gasteiger partial charge in [-0.3, -0.25) is 10.1 Å². The number of benzene rings is 2. The van der Waals surface area contributed by atoms with Gasteiger partial charge in [-0.25, -0.2) is 4.79 Å². The number of anilines is 2. The maximum absolute atomic E-state index is 11.2. The Morgan fingerprint density at radius 1 is 1.25 bits per heavy atom. The van der Waals surface area contributed by atoms with Gasteiger partial charge in [-0.05, 0) is 36.4 Å². The minimum atomic E-state index is -1.18. The van der Waals surface area contributed by atoms with E-state index in [1.165, 1.54) is 12.1 Å². The molecule has 0 bridgehead atoms. The zero-order chi connectivity index (χ0) is 17.3. The van der Waals surface area contributed by atoms with Gasteiger partial charge in [0.15, 0.2) is 0 Å². The lowest BCUT2D eigenvalue weighted by Crippen LogP contribution is -1.95. The van der Waals surface area contributed by atoms with Gasteiger partial charge in [-0.2, -0.15) is 0 Å². The number of ether oxygens (including phenoxy) is 1. The number of nitro groups is 1. The molecular weight excluding hydrogens is 314 g/mol. The van der Waals surface area contributed by atoms with Crippen molar-refractivity contribution in [2.24, 2.45) is 0 Å². The zero-order valence-corrected chi connectivity index (χ0v) is 12.6. The van der Waals surface area contributed by atoms with Crippen LogP contribution in [0, 0.1) is 10.1 Å². The molecule has 0 atom stereocenters. The number of nitrogens with one attached hydrogen (secondary N) is 2. The number of fused-ring (bicyclic) bond motifs is 1. The molecule has 3 aromatic rings. The van der Waals surface area contributed by atoms with Gasteiger partial charge in [0.2, 0.25) is 0 Å². The third-order valence-corrected chi connectivity index (χ3v) is 3.57. The summed E-state index contributed by atoms with van der Waals surface area (Å²) in [4.78, 5) is 24.3. The number of aromatic nitrogens is 1. The number of methoxy groups -OCH3 is 1. The Bertz CT molecular complexity index is 931. The van der Waals surface area contributed by atoms with Crippen LogP contribution in [-0.4, -0.2) is 28.1 Å². The highest BCUT2D eigenvalue weighted by Gasteiger charge is 2.19. The third kappa shape index (κ3) is 2.72. The number of carboxylic acids is 1. The van der Waals surface area contributed by atoms with Crippen molar-refractivity contribution < 1.29 is 19.6 Å². The summed E-state index contributed by atoms with van der Waals surface area (Å²) in [6.07, 6.45) is 0. The van der Waals surface area contributed by atoms with E-state index in [1.807, 2.05) is 0 Å². The first-order chi connectivity index (χ1) is 11.5. The predicted octanol–water partition coefficient (Wildman–Crippen LogP) is 3.53. The molecule has 0 aliphatic carbocycles. The topological polar surface area (TPSA) is 117 Å². The van der Waals surface area contributed by atoms with Crippen molar-refractivity contribution in [3.05, 3.63) is 58.3 Å². The summed E-state index contributed by atoms with van der Waals surface area (Å²) in [6, 6.07) is 11.4. The van der Waals surface area contributed by atoms with Gasteiger partial charge in [0.1, 0.15) is 17.0 Å². The lowest BCUT2D eigenvalue weighted by molar-refractivity contribution is -0.383. The smallest absolute Gasteiger partial charge is 0.352 e. The van der Waals surface area contributed by atoms with E-state index in [0.717, 1.165) is 5.69 Å². The fourth-order valence-corrected chi connectivity index (χ4v) is 2.41. The molecular formula is C16H13N3O5. The van der Waals surface area contributed by atoms with Crippen LogP contribution in [0.25, 0.3) is 10.9 Å². The number of hydrogen-bond acceptors (Lipinski definition) is 5. The predicted molar refractivity (Wildman–Crippen MR) is 88.2 cm³/mol. The standard InChI is InChI=1S/C16H13N3O5/c1-24-10-4-2-9(3-5-10)17-12-6-7-14(19(22)23)15-11(12)8-13(18-15)16(20)21/h2-8,17-18H,1H3,(H,20,21). The number of carbonyl (C=O) groups is 1. The summed E-state index contributed by atoms with van der Waals surface area (Å²) in [7, 11) is 1.57. The maximum atomic E-state index is 11.2. The molecule has 0 aliphatic heterocycles. The first-order valence-electron chi connectivity index (χ1n) is 6.94. The third-order valence-electron chi connectivity index (χ3n) is 3.57. The molecule has 2 aromatic carbocycles. The zero-order valence-electron chi connectivity index (χ0n) is 12.6. The van der Waals surface area contributed by atoms with E-state index in [9.17, 15) is 14.9 Å². The Morgan fingerprint density at radius 2 is 1.96 bits per heavy atom. The Labute approximate surface area is 135 Å². The van der Waals surface area contributed by atoms with E-state index in [1.54, 1.807) is 37.4 Å². The van der Waals surface area contributed by atoms with Gasteiger partial charge in [-0.15, -0.1) is 0 Å². The first kappa shape index (κ1) is 15.3. The van der Waals surface area contributed by atoms with Crippen LogP contribution in [-0.2, 0) is 0 Å². The van der Waals surface area contributed by atoms with E-state index in [2.05, 4.69) is 10.3 Å². The highest BCUT2D eigenvalue weighted by Crippen LogP contribution is 2.33. The largest absolute Gasteiger partial charge is 0.497 e. The summed E-state index contributed by atoms with van der Waals surface area (Å²) in [5.41, 5.74) is 1.17. The summed E-state index contributed by atoms with van der Waals surface area (Å²) in [5, 5.41) is 23.8. The Balaban J connectivity index is 2.08. The van der Waals surface area contributed by atoms with E-state index in [0.29, 0.717) is 16.8 Å². The van der Waals surface area contributed by atoms with Crippen LogP contribution in [0.5, 0.6) is 5.75 Å². The molecule has 24 heavy (non-hydrogen) atoms.